The zero-order valence-electron chi connectivity index (χ0n) is 13.2. The highest BCUT2D eigenvalue weighted by molar-refractivity contribution is 7.12. The first-order chi connectivity index (χ1) is 11.8. The average Bonchev–Trinajstić information content (AvgIpc) is 3.10. The summed E-state index contributed by atoms with van der Waals surface area (Å²) < 4.78 is 0. The Kier molecular flexibility index (Phi) is 3.92. The van der Waals surface area contributed by atoms with E-state index in [-0.39, 0.29) is 0 Å². The number of rotatable bonds is 3. The van der Waals surface area contributed by atoms with Crippen LogP contribution in [0.15, 0.2) is 70.2 Å². The van der Waals surface area contributed by atoms with Crippen molar-refractivity contribution in [2.45, 2.75) is 13.3 Å². The molecule has 0 saturated carbocycles. The minimum Gasteiger partial charge on any atom is -0.338 e. The predicted octanol–water partition coefficient (Wildman–Crippen LogP) is 4.66. The Balaban J connectivity index is 1.88. The third-order valence-electron chi connectivity index (χ3n) is 3.84. The van der Waals surface area contributed by atoms with Crippen LogP contribution in [0.4, 0.5) is 11.4 Å². The first-order valence-corrected chi connectivity index (χ1v) is 8.73. The number of anilines is 1. The number of benzene rings is 1. The van der Waals surface area contributed by atoms with Gasteiger partial charge in [-0.2, -0.15) is 0 Å². The number of aromatic nitrogens is 1. The number of aliphatic imine (C=N–C) groups is 2. The third-order valence-corrected chi connectivity index (χ3v) is 4.71. The molecule has 1 aliphatic heterocycles. The Morgan fingerprint density at radius 1 is 1.08 bits per heavy atom. The van der Waals surface area contributed by atoms with E-state index in [1.807, 2.05) is 35.8 Å². The second-order valence-electron chi connectivity index (χ2n) is 5.44. The van der Waals surface area contributed by atoms with Gasteiger partial charge in [0.25, 0.3) is 0 Å². The fraction of sp³-hybridized carbons (Fsp3) is 0.105. The number of aryl methyl sites for hydroxylation is 1. The highest BCUT2D eigenvalue weighted by Gasteiger charge is 2.16. The van der Waals surface area contributed by atoms with Crippen molar-refractivity contribution in [3.8, 4) is 0 Å². The monoisotopic (exact) mass is 332 g/mol. The predicted molar refractivity (Wildman–Crippen MR) is 101 cm³/mol. The molecule has 3 aromatic rings. The smallest absolute Gasteiger partial charge is 0.172 e. The highest BCUT2D eigenvalue weighted by Crippen LogP contribution is 2.31. The normalized spacial score (nSPS) is 13.4. The van der Waals surface area contributed by atoms with Gasteiger partial charge in [0.1, 0.15) is 5.84 Å². The fourth-order valence-corrected chi connectivity index (χ4v) is 3.21. The van der Waals surface area contributed by atoms with Crippen LogP contribution in [-0.4, -0.2) is 16.7 Å². The van der Waals surface area contributed by atoms with Crippen molar-refractivity contribution in [1.82, 2.24) is 4.98 Å². The average molecular weight is 332 g/mol. The molecule has 24 heavy (non-hydrogen) atoms. The van der Waals surface area contributed by atoms with Crippen LogP contribution in [0.25, 0.3) is 0 Å². The number of pyridine rings is 1. The molecular weight excluding hydrogens is 316 g/mol. The zero-order valence-corrected chi connectivity index (χ0v) is 14.0. The SMILES string of the molecule is CCc1ccc2c(c1)NC(c1cccnc1)=NC(c1cccs1)=N2. The summed E-state index contributed by atoms with van der Waals surface area (Å²) in [5.41, 5.74) is 4.08. The molecule has 0 bridgehead atoms. The van der Waals surface area contributed by atoms with Crippen molar-refractivity contribution >= 4 is 34.4 Å². The van der Waals surface area contributed by atoms with Gasteiger partial charge in [0.2, 0.25) is 0 Å². The van der Waals surface area contributed by atoms with Crippen molar-refractivity contribution in [2.75, 3.05) is 5.32 Å². The van der Waals surface area contributed by atoms with Crippen LogP contribution < -0.4 is 5.32 Å². The van der Waals surface area contributed by atoms with Gasteiger partial charge < -0.3 is 5.32 Å². The standard InChI is InChI=1S/C19H16N4S/c1-2-13-7-8-15-16(11-13)22-18(14-5-3-9-20-12-14)23-19(21-15)17-6-4-10-24-17/h3-12H,2H2,1H3,(H,21,22,23). The molecule has 1 N–H and O–H groups in total. The lowest BCUT2D eigenvalue weighted by Gasteiger charge is -2.10. The highest BCUT2D eigenvalue weighted by atomic mass is 32.1. The van der Waals surface area contributed by atoms with E-state index >= 15 is 0 Å². The van der Waals surface area contributed by atoms with E-state index in [9.17, 15) is 0 Å². The molecule has 0 radical (unpaired) electrons. The first kappa shape index (κ1) is 14.8. The van der Waals surface area contributed by atoms with Crippen molar-refractivity contribution < 1.29 is 0 Å². The summed E-state index contributed by atoms with van der Waals surface area (Å²) in [5, 5.41) is 5.48. The molecule has 0 spiro atoms. The summed E-state index contributed by atoms with van der Waals surface area (Å²) in [6.07, 6.45) is 4.56. The van der Waals surface area contributed by atoms with E-state index in [0.29, 0.717) is 0 Å². The molecule has 0 aliphatic carbocycles. The summed E-state index contributed by atoms with van der Waals surface area (Å²) in [6.45, 7) is 2.15. The zero-order chi connectivity index (χ0) is 16.4. The molecule has 0 saturated heterocycles. The van der Waals surface area contributed by atoms with Crippen LogP contribution >= 0.6 is 11.3 Å². The molecule has 0 fully saturated rings. The maximum Gasteiger partial charge on any atom is 0.172 e. The van der Waals surface area contributed by atoms with E-state index in [0.717, 1.165) is 39.9 Å². The number of thiophene rings is 1. The van der Waals surface area contributed by atoms with E-state index in [4.69, 9.17) is 9.98 Å². The van der Waals surface area contributed by atoms with Crippen molar-refractivity contribution in [3.05, 3.63) is 76.2 Å². The van der Waals surface area contributed by atoms with Gasteiger partial charge in [-0.05, 0) is 47.7 Å². The van der Waals surface area contributed by atoms with E-state index in [2.05, 4.69) is 35.4 Å². The molecule has 4 rings (SSSR count). The molecule has 2 aromatic heterocycles. The minimum atomic E-state index is 0.722. The van der Waals surface area contributed by atoms with E-state index in [1.165, 1.54) is 5.56 Å². The number of nitrogens with zero attached hydrogens (tertiary/aromatic N) is 3. The Bertz CT molecular complexity index is 912. The maximum atomic E-state index is 4.79. The Hall–Kier alpha value is -2.79. The Labute approximate surface area is 144 Å². The first-order valence-electron chi connectivity index (χ1n) is 7.85. The van der Waals surface area contributed by atoms with Crippen LogP contribution in [-0.2, 0) is 6.42 Å². The van der Waals surface area contributed by atoms with E-state index in [1.54, 1.807) is 17.5 Å². The number of hydrogen-bond acceptors (Lipinski definition) is 5. The van der Waals surface area contributed by atoms with Gasteiger partial charge >= 0.3 is 0 Å². The van der Waals surface area contributed by atoms with Crippen molar-refractivity contribution in [3.63, 3.8) is 0 Å². The molecular formula is C19H16N4S. The summed E-state index contributed by atoms with van der Waals surface area (Å²) in [5.74, 6) is 1.49. The van der Waals surface area contributed by atoms with Crippen LogP contribution in [0.1, 0.15) is 22.9 Å². The largest absolute Gasteiger partial charge is 0.338 e. The van der Waals surface area contributed by atoms with Gasteiger partial charge in [-0.1, -0.05) is 19.1 Å². The molecule has 0 amide bonds. The summed E-state index contributed by atoms with van der Waals surface area (Å²) in [4.78, 5) is 14.8. The molecule has 0 atom stereocenters. The molecule has 3 heterocycles. The number of fused-ring (bicyclic) bond motifs is 1. The van der Waals surface area contributed by atoms with Gasteiger partial charge in [0.05, 0.1) is 16.3 Å². The van der Waals surface area contributed by atoms with Gasteiger partial charge in [0.15, 0.2) is 5.84 Å². The van der Waals surface area contributed by atoms with Gasteiger partial charge in [-0.3, -0.25) is 4.98 Å². The Morgan fingerprint density at radius 2 is 2.04 bits per heavy atom. The molecule has 1 aliphatic rings. The molecule has 118 valence electrons. The summed E-state index contributed by atoms with van der Waals surface area (Å²) in [6, 6.07) is 14.3. The topological polar surface area (TPSA) is 49.6 Å². The Morgan fingerprint density at radius 3 is 2.79 bits per heavy atom. The lowest BCUT2D eigenvalue weighted by atomic mass is 10.1. The van der Waals surface area contributed by atoms with Gasteiger partial charge in [-0.25, -0.2) is 9.98 Å². The summed E-state index contributed by atoms with van der Waals surface area (Å²) >= 11 is 1.64. The molecule has 4 nitrogen and oxygen atoms in total. The quantitative estimate of drug-likeness (QED) is 0.758. The van der Waals surface area contributed by atoms with Crippen LogP contribution in [0.3, 0.4) is 0 Å². The fourth-order valence-electron chi connectivity index (χ4n) is 2.56. The molecule has 5 heteroatoms. The lowest BCUT2D eigenvalue weighted by molar-refractivity contribution is 1.14. The van der Waals surface area contributed by atoms with Crippen LogP contribution in [0.2, 0.25) is 0 Å². The second kappa shape index (κ2) is 6.37. The lowest BCUT2D eigenvalue weighted by Crippen LogP contribution is -2.15. The van der Waals surface area contributed by atoms with E-state index < -0.39 is 0 Å². The summed E-state index contributed by atoms with van der Waals surface area (Å²) in [7, 11) is 0. The number of amidine groups is 2. The minimum absolute atomic E-state index is 0.722. The van der Waals surface area contributed by atoms with Crippen molar-refractivity contribution in [2.24, 2.45) is 9.98 Å². The number of hydrogen-bond donors (Lipinski definition) is 1. The van der Waals surface area contributed by atoms with Gasteiger partial charge in [0, 0.05) is 18.0 Å². The number of nitrogens with one attached hydrogen (secondary N) is 1. The molecule has 0 unspecified atom stereocenters. The van der Waals surface area contributed by atoms with Crippen LogP contribution in [0.5, 0.6) is 0 Å². The molecule has 1 aromatic carbocycles. The van der Waals surface area contributed by atoms with Gasteiger partial charge in [-0.15, -0.1) is 11.3 Å². The second-order valence-corrected chi connectivity index (χ2v) is 6.39. The van der Waals surface area contributed by atoms with Crippen LogP contribution in [0, 0.1) is 0 Å². The van der Waals surface area contributed by atoms with Crippen molar-refractivity contribution in [1.29, 1.82) is 0 Å². The maximum absolute atomic E-state index is 4.79. The third kappa shape index (κ3) is 2.86.